The molecule has 0 saturated carbocycles. The third-order valence-electron chi connectivity index (χ3n) is 5.02. The summed E-state index contributed by atoms with van der Waals surface area (Å²) >= 11 is 12.0. The van der Waals surface area contributed by atoms with E-state index in [4.69, 9.17) is 27.9 Å². The smallest absolute Gasteiger partial charge is 0.259 e. The molecule has 160 valence electrons. The molecule has 1 N–H and O–H groups in total. The van der Waals surface area contributed by atoms with E-state index < -0.39 is 0 Å². The van der Waals surface area contributed by atoms with Crippen LogP contribution in [0.15, 0.2) is 42.7 Å². The normalized spacial score (nSPS) is 13.3. The molecule has 1 aliphatic rings. The van der Waals surface area contributed by atoms with Gasteiger partial charge < -0.3 is 15.0 Å². The molecule has 0 atom stereocenters. The molecule has 0 spiro atoms. The maximum absolute atomic E-state index is 13.1. The number of carbonyl (C=O) groups is 2. The highest BCUT2D eigenvalue weighted by molar-refractivity contribution is 6.36. The summed E-state index contributed by atoms with van der Waals surface area (Å²) in [6.45, 7) is 1.32. The minimum atomic E-state index is -0.299. The zero-order valence-electron chi connectivity index (χ0n) is 16.6. The molecule has 3 heterocycles. The molecule has 2 aromatic heterocycles. The second kappa shape index (κ2) is 8.95. The lowest BCUT2D eigenvalue weighted by Gasteiger charge is -2.21. The number of nitrogens with one attached hydrogen (secondary N) is 1. The van der Waals surface area contributed by atoms with Crippen molar-refractivity contribution in [3.63, 3.8) is 0 Å². The quantitative estimate of drug-likeness (QED) is 0.597. The molecule has 0 saturated heterocycles. The molecular weight excluding hydrogens is 441 g/mol. The average molecular weight is 460 g/mol. The molecular formula is C21H19Cl2N5O3. The monoisotopic (exact) mass is 459 g/mol. The number of aromatic nitrogens is 3. The van der Waals surface area contributed by atoms with Crippen molar-refractivity contribution < 1.29 is 14.3 Å². The van der Waals surface area contributed by atoms with E-state index in [2.05, 4.69) is 15.4 Å². The van der Waals surface area contributed by atoms with E-state index in [1.165, 1.54) is 18.5 Å². The number of pyridine rings is 1. The fourth-order valence-corrected chi connectivity index (χ4v) is 3.86. The zero-order valence-corrected chi connectivity index (χ0v) is 18.2. The number of halogens is 2. The molecule has 10 heteroatoms. The maximum Gasteiger partial charge on any atom is 0.259 e. The van der Waals surface area contributed by atoms with Crippen LogP contribution in [-0.2, 0) is 13.1 Å². The zero-order chi connectivity index (χ0) is 22.0. The van der Waals surface area contributed by atoms with Gasteiger partial charge >= 0.3 is 0 Å². The number of amides is 2. The Balaban J connectivity index is 1.56. The third kappa shape index (κ3) is 4.50. The standard InChI is InChI=1S/C21H19Cl2N5O3/c1-31-14-5-3-13(4-6-14)26-20(29)16-11-25-28-8-2-7-27(12-18(16)28)21(30)15-10-24-19(23)9-17(15)22/h3-6,9-11H,2,7-8,12H2,1H3,(H,26,29). The summed E-state index contributed by atoms with van der Waals surface area (Å²) < 4.78 is 6.90. The molecule has 1 aliphatic heterocycles. The molecule has 0 radical (unpaired) electrons. The second-order valence-electron chi connectivity index (χ2n) is 6.98. The van der Waals surface area contributed by atoms with Crippen LogP contribution in [0, 0.1) is 0 Å². The fraction of sp³-hybridized carbons (Fsp3) is 0.238. The molecule has 0 aliphatic carbocycles. The van der Waals surface area contributed by atoms with Gasteiger partial charge in [0.1, 0.15) is 10.9 Å². The summed E-state index contributed by atoms with van der Waals surface area (Å²) in [7, 11) is 1.58. The Morgan fingerprint density at radius 2 is 1.87 bits per heavy atom. The molecule has 2 amide bonds. The molecule has 8 nitrogen and oxygen atoms in total. The van der Waals surface area contributed by atoms with Gasteiger partial charge in [-0.15, -0.1) is 0 Å². The second-order valence-corrected chi connectivity index (χ2v) is 7.77. The lowest BCUT2D eigenvalue weighted by Crippen LogP contribution is -2.31. The van der Waals surface area contributed by atoms with Gasteiger partial charge in [0.15, 0.2) is 0 Å². The highest BCUT2D eigenvalue weighted by Gasteiger charge is 2.27. The van der Waals surface area contributed by atoms with Gasteiger partial charge in [-0.1, -0.05) is 23.2 Å². The van der Waals surface area contributed by atoms with Crippen LogP contribution in [-0.4, -0.2) is 45.1 Å². The highest BCUT2D eigenvalue weighted by atomic mass is 35.5. The Bertz CT molecular complexity index is 1130. The lowest BCUT2D eigenvalue weighted by molar-refractivity contribution is 0.0743. The number of benzene rings is 1. The predicted molar refractivity (Wildman–Crippen MR) is 117 cm³/mol. The van der Waals surface area contributed by atoms with Crippen molar-refractivity contribution in [3.8, 4) is 5.75 Å². The van der Waals surface area contributed by atoms with E-state index in [9.17, 15) is 9.59 Å². The lowest BCUT2D eigenvalue weighted by atomic mass is 10.2. The van der Waals surface area contributed by atoms with Crippen molar-refractivity contribution >= 4 is 40.7 Å². The van der Waals surface area contributed by atoms with E-state index in [0.29, 0.717) is 42.2 Å². The first kappa shape index (κ1) is 21.1. The van der Waals surface area contributed by atoms with Gasteiger partial charge in [-0.3, -0.25) is 14.3 Å². The maximum atomic E-state index is 13.1. The molecule has 0 bridgehead atoms. The summed E-state index contributed by atoms with van der Waals surface area (Å²) in [5.41, 5.74) is 1.97. The first-order chi connectivity index (χ1) is 15.0. The fourth-order valence-electron chi connectivity index (χ4n) is 3.41. The SMILES string of the molecule is COc1ccc(NC(=O)c2cnn3c2CN(C(=O)c2cnc(Cl)cc2Cl)CCC3)cc1. The van der Waals surface area contributed by atoms with Crippen LogP contribution >= 0.6 is 23.2 Å². The Hall–Kier alpha value is -3.10. The van der Waals surface area contributed by atoms with E-state index in [0.717, 1.165) is 0 Å². The molecule has 3 aromatic rings. The third-order valence-corrected chi connectivity index (χ3v) is 5.54. The summed E-state index contributed by atoms with van der Waals surface area (Å²) in [5.74, 6) is 0.124. The Kier molecular flexibility index (Phi) is 6.11. The Morgan fingerprint density at radius 3 is 2.58 bits per heavy atom. The van der Waals surface area contributed by atoms with Crippen LogP contribution in [0.3, 0.4) is 0 Å². The Labute approximate surface area is 188 Å². The van der Waals surface area contributed by atoms with Crippen LogP contribution in [0.4, 0.5) is 5.69 Å². The number of aryl methyl sites for hydroxylation is 1. The number of rotatable bonds is 4. The molecule has 0 fully saturated rings. The molecule has 4 rings (SSSR count). The van der Waals surface area contributed by atoms with Crippen LogP contribution in [0.2, 0.25) is 10.2 Å². The van der Waals surface area contributed by atoms with Crippen molar-refractivity contribution in [2.75, 3.05) is 19.0 Å². The van der Waals surface area contributed by atoms with Gasteiger partial charge in [0.2, 0.25) is 0 Å². The van der Waals surface area contributed by atoms with Crippen molar-refractivity contribution in [1.29, 1.82) is 0 Å². The largest absolute Gasteiger partial charge is 0.497 e. The van der Waals surface area contributed by atoms with Gasteiger partial charge in [0, 0.05) is 25.0 Å². The van der Waals surface area contributed by atoms with E-state index in [-0.39, 0.29) is 34.1 Å². The van der Waals surface area contributed by atoms with Gasteiger partial charge in [-0.05, 0) is 36.8 Å². The first-order valence-electron chi connectivity index (χ1n) is 9.56. The summed E-state index contributed by atoms with van der Waals surface area (Å²) in [5, 5.41) is 7.66. The predicted octanol–water partition coefficient (Wildman–Crippen LogP) is 3.89. The van der Waals surface area contributed by atoms with Crippen LogP contribution in [0.1, 0.15) is 32.8 Å². The van der Waals surface area contributed by atoms with Crippen molar-refractivity contribution in [2.24, 2.45) is 0 Å². The highest BCUT2D eigenvalue weighted by Crippen LogP contribution is 2.24. The van der Waals surface area contributed by atoms with Gasteiger partial charge in [0.25, 0.3) is 11.8 Å². The number of ether oxygens (including phenoxy) is 1. The number of anilines is 1. The topological polar surface area (TPSA) is 89.4 Å². The average Bonchev–Trinajstić information content (AvgIpc) is 3.04. The Morgan fingerprint density at radius 1 is 1.10 bits per heavy atom. The van der Waals surface area contributed by atoms with Gasteiger partial charge in [-0.2, -0.15) is 5.10 Å². The van der Waals surface area contributed by atoms with Crippen LogP contribution in [0.25, 0.3) is 0 Å². The van der Waals surface area contributed by atoms with Gasteiger partial charge in [-0.25, -0.2) is 4.98 Å². The molecule has 1 aromatic carbocycles. The van der Waals surface area contributed by atoms with E-state index in [1.807, 2.05) is 0 Å². The van der Waals surface area contributed by atoms with Crippen molar-refractivity contribution in [3.05, 3.63) is 69.7 Å². The van der Waals surface area contributed by atoms with E-state index >= 15 is 0 Å². The summed E-state index contributed by atoms with van der Waals surface area (Å²) in [6.07, 6.45) is 3.59. The van der Waals surface area contributed by atoms with Crippen molar-refractivity contribution in [2.45, 2.75) is 19.5 Å². The van der Waals surface area contributed by atoms with E-state index in [1.54, 1.807) is 41.0 Å². The van der Waals surface area contributed by atoms with Crippen LogP contribution < -0.4 is 10.1 Å². The minimum absolute atomic E-state index is 0.216. The minimum Gasteiger partial charge on any atom is -0.497 e. The number of methoxy groups -OCH3 is 1. The molecule has 0 unspecified atom stereocenters. The van der Waals surface area contributed by atoms with Crippen LogP contribution in [0.5, 0.6) is 5.75 Å². The molecule has 31 heavy (non-hydrogen) atoms. The van der Waals surface area contributed by atoms with Gasteiger partial charge in [0.05, 0.1) is 41.7 Å². The number of nitrogens with zero attached hydrogens (tertiary/aromatic N) is 4. The number of hydrogen-bond acceptors (Lipinski definition) is 5. The first-order valence-corrected chi connectivity index (χ1v) is 10.3. The number of carbonyl (C=O) groups excluding carboxylic acids is 2. The summed E-state index contributed by atoms with van der Waals surface area (Å²) in [4.78, 5) is 31.6. The number of hydrogen-bond donors (Lipinski definition) is 1. The number of fused-ring (bicyclic) bond motifs is 1. The summed E-state index contributed by atoms with van der Waals surface area (Å²) in [6, 6.07) is 8.47. The van der Waals surface area contributed by atoms with Crippen molar-refractivity contribution in [1.82, 2.24) is 19.7 Å².